The van der Waals surface area contributed by atoms with Gasteiger partial charge in [-0.05, 0) is 12.1 Å². The predicted molar refractivity (Wildman–Crippen MR) is 78.5 cm³/mol. The standard InChI is InChI=1S/C14H11F2N5O2/c1-21-6-9(11(20-21)12(15)16)18-14(23)8-5-10(22)19-13-7(8)3-2-4-17-13/h2-6,12H,1H3,(H,18,23)(H,17,19,22). The highest BCUT2D eigenvalue weighted by Gasteiger charge is 2.21. The van der Waals surface area contributed by atoms with Gasteiger partial charge in [-0.3, -0.25) is 14.3 Å². The first kappa shape index (κ1) is 14.8. The molecule has 118 valence electrons. The molecule has 2 N–H and O–H groups in total. The van der Waals surface area contributed by atoms with Crippen LogP contribution in [0.3, 0.4) is 0 Å². The van der Waals surface area contributed by atoms with E-state index in [9.17, 15) is 18.4 Å². The molecule has 0 radical (unpaired) electrons. The largest absolute Gasteiger partial charge is 0.319 e. The van der Waals surface area contributed by atoms with E-state index in [4.69, 9.17) is 0 Å². The van der Waals surface area contributed by atoms with Gasteiger partial charge in [-0.2, -0.15) is 5.10 Å². The SMILES string of the molecule is Cn1cc(NC(=O)c2cc(=O)[nH]c3ncccc23)c(C(F)F)n1. The molecule has 0 saturated carbocycles. The monoisotopic (exact) mass is 319 g/mol. The molecular formula is C14H11F2N5O2. The van der Waals surface area contributed by atoms with E-state index in [1.165, 1.54) is 24.1 Å². The van der Waals surface area contributed by atoms with E-state index < -0.39 is 23.6 Å². The summed E-state index contributed by atoms with van der Waals surface area (Å²) in [6.45, 7) is 0. The summed E-state index contributed by atoms with van der Waals surface area (Å²) in [7, 11) is 1.47. The van der Waals surface area contributed by atoms with Crippen LogP contribution in [0.1, 0.15) is 22.5 Å². The summed E-state index contributed by atoms with van der Waals surface area (Å²) in [5, 5.41) is 6.38. The van der Waals surface area contributed by atoms with Crippen LogP contribution in [0, 0.1) is 0 Å². The van der Waals surface area contributed by atoms with Gasteiger partial charge in [0, 0.05) is 30.9 Å². The smallest absolute Gasteiger partial charge is 0.284 e. The summed E-state index contributed by atoms with van der Waals surface area (Å²) in [6.07, 6.45) is -0.0905. The first-order valence-electron chi connectivity index (χ1n) is 6.57. The van der Waals surface area contributed by atoms with Crippen molar-refractivity contribution in [3.8, 4) is 0 Å². The number of H-pyrrole nitrogens is 1. The summed E-state index contributed by atoms with van der Waals surface area (Å²) in [4.78, 5) is 30.5. The van der Waals surface area contributed by atoms with Crippen LogP contribution in [0.5, 0.6) is 0 Å². The van der Waals surface area contributed by atoms with Crippen molar-refractivity contribution in [3.63, 3.8) is 0 Å². The lowest BCUT2D eigenvalue weighted by Gasteiger charge is -2.07. The first-order valence-corrected chi connectivity index (χ1v) is 6.57. The van der Waals surface area contributed by atoms with Gasteiger partial charge >= 0.3 is 0 Å². The average molecular weight is 319 g/mol. The minimum absolute atomic E-state index is 0.0425. The molecule has 23 heavy (non-hydrogen) atoms. The molecule has 3 aromatic heterocycles. The molecule has 0 aliphatic heterocycles. The number of hydrogen-bond acceptors (Lipinski definition) is 4. The molecule has 0 aliphatic rings. The van der Waals surface area contributed by atoms with E-state index in [1.807, 2.05) is 0 Å². The van der Waals surface area contributed by atoms with E-state index >= 15 is 0 Å². The molecule has 3 heterocycles. The Hall–Kier alpha value is -3.10. The molecule has 7 nitrogen and oxygen atoms in total. The summed E-state index contributed by atoms with van der Waals surface area (Å²) in [5.41, 5.74) is -0.870. The van der Waals surface area contributed by atoms with Crippen molar-refractivity contribution in [1.82, 2.24) is 19.7 Å². The topological polar surface area (TPSA) is 92.7 Å². The first-order chi connectivity index (χ1) is 11.0. The third kappa shape index (κ3) is 2.80. The highest BCUT2D eigenvalue weighted by molar-refractivity contribution is 6.11. The van der Waals surface area contributed by atoms with Crippen molar-refractivity contribution in [2.75, 3.05) is 5.32 Å². The van der Waals surface area contributed by atoms with Crippen molar-refractivity contribution in [2.45, 2.75) is 6.43 Å². The van der Waals surface area contributed by atoms with Gasteiger partial charge in [0.15, 0.2) is 5.69 Å². The van der Waals surface area contributed by atoms with Crippen molar-refractivity contribution >= 4 is 22.6 Å². The van der Waals surface area contributed by atoms with Crippen LogP contribution in [0.4, 0.5) is 14.5 Å². The van der Waals surface area contributed by atoms with Crippen LogP contribution in [-0.4, -0.2) is 25.7 Å². The molecule has 9 heteroatoms. The number of aromatic amines is 1. The van der Waals surface area contributed by atoms with Gasteiger partial charge in [0.1, 0.15) is 5.65 Å². The molecule has 0 saturated heterocycles. The molecule has 0 fully saturated rings. The molecule has 1 amide bonds. The number of aryl methyl sites for hydroxylation is 1. The van der Waals surface area contributed by atoms with E-state index in [2.05, 4.69) is 20.4 Å². The Labute approximate surface area is 128 Å². The lowest BCUT2D eigenvalue weighted by atomic mass is 10.1. The maximum atomic E-state index is 12.9. The number of amides is 1. The van der Waals surface area contributed by atoms with Crippen LogP contribution in [0.2, 0.25) is 0 Å². The number of pyridine rings is 2. The molecular weight excluding hydrogens is 308 g/mol. The number of alkyl halides is 2. The fourth-order valence-corrected chi connectivity index (χ4v) is 2.22. The van der Waals surface area contributed by atoms with Crippen LogP contribution in [-0.2, 0) is 7.05 Å². The Bertz CT molecular complexity index is 948. The fraction of sp³-hybridized carbons (Fsp3) is 0.143. The third-order valence-electron chi connectivity index (χ3n) is 3.17. The number of carbonyl (C=O) groups excluding carboxylic acids is 1. The van der Waals surface area contributed by atoms with Gasteiger partial charge in [-0.1, -0.05) is 0 Å². The number of halogens is 2. The zero-order valence-electron chi connectivity index (χ0n) is 11.9. The highest BCUT2D eigenvalue weighted by Crippen LogP contribution is 2.26. The molecule has 0 bridgehead atoms. The molecule has 3 rings (SSSR count). The minimum Gasteiger partial charge on any atom is -0.319 e. The number of carbonyl (C=O) groups is 1. The minimum atomic E-state index is -2.83. The lowest BCUT2D eigenvalue weighted by molar-refractivity contribution is 0.102. The molecule has 0 unspecified atom stereocenters. The van der Waals surface area contributed by atoms with Gasteiger partial charge in [0.2, 0.25) is 5.56 Å². The molecule has 3 aromatic rings. The number of hydrogen-bond donors (Lipinski definition) is 2. The Morgan fingerprint density at radius 2 is 2.22 bits per heavy atom. The van der Waals surface area contributed by atoms with E-state index in [1.54, 1.807) is 12.1 Å². The molecule has 0 aliphatic carbocycles. The van der Waals surface area contributed by atoms with Crippen LogP contribution < -0.4 is 10.9 Å². The summed E-state index contributed by atoms with van der Waals surface area (Å²) in [5.74, 6) is -0.691. The third-order valence-corrected chi connectivity index (χ3v) is 3.17. The van der Waals surface area contributed by atoms with Gasteiger partial charge < -0.3 is 10.3 Å². The number of anilines is 1. The second-order valence-corrected chi connectivity index (χ2v) is 4.80. The number of fused-ring (bicyclic) bond motifs is 1. The maximum Gasteiger partial charge on any atom is 0.284 e. The van der Waals surface area contributed by atoms with E-state index in [0.717, 1.165) is 6.07 Å². The summed E-state index contributed by atoms with van der Waals surface area (Å²) >= 11 is 0. The Balaban J connectivity index is 2.04. The van der Waals surface area contributed by atoms with Gasteiger partial charge in [-0.25, -0.2) is 13.8 Å². The molecule has 0 spiro atoms. The number of aromatic nitrogens is 4. The second-order valence-electron chi connectivity index (χ2n) is 4.80. The van der Waals surface area contributed by atoms with Crippen LogP contribution in [0.25, 0.3) is 11.0 Å². The summed E-state index contributed by atoms with van der Waals surface area (Å²) in [6, 6.07) is 4.30. The maximum absolute atomic E-state index is 12.9. The predicted octanol–water partition coefficient (Wildman–Crippen LogP) is 1.85. The number of nitrogens with zero attached hydrogens (tertiary/aromatic N) is 3. The van der Waals surface area contributed by atoms with Gasteiger partial charge in [0.25, 0.3) is 12.3 Å². The highest BCUT2D eigenvalue weighted by atomic mass is 19.3. The Kier molecular flexibility index (Phi) is 3.61. The zero-order chi connectivity index (χ0) is 16.6. The van der Waals surface area contributed by atoms with Crippen LogP contribution in [0.15, 0.2) is 35.4 Å². The van der Waals surface area contributed by atoms with E-state index in [-0.39, 0.29) is 16.9 Å². The fourth-order valence-electron chi connectivity index (χ4n) is 2.22. The van der Waals surface area contributed by atoms with Crippen molar-refractivity contribution in [2.24, 2.45) is 7.05 Å². The quantitative estimate of drug-likeness (QED) is 0.770. The normalized spacial score (nSPS) is 11.1. The Morgan fingerprint density at radius 3 is 2.96 bits per heavy atom. The van der Waals surface area contributed by atoms with E-state index in [0.29, 0.717) is 5.39 Å². The van der Waals surface area contributed by atoms with Crippen molar-refractivity contribution in [1.29, 1.82) is 0 Å². The number of rotatable bonds is 3. The Morgan fingerprint density at radius 1 is 1.43 bits per heavy atom. The summed E-state index contributed by atoms with van der Waals surface area (Å²) < 4.78 is 27.0. The van der Waals surface area contributed by atoms with Crippen molar-refractivity contribution in [3.05, 3.63) is 52.2 Å². The van der Waals surface area contributed by atoms with Crippen LogP contribution >= 0.6 is 0 Å². The second kappa shape index (κ2) is 5.59. The van der Waals surface area contributed by atoms with Gasteiger partial charge in [0.05, 0.1) is 11.3 Å². The molecule has 0 atom stereocenters. The van der Waals surface area contributed by atoms with Crippen molar-refractivity contribution < 1.29 is 13.6 Å². The molecule has 0 aromatic carbocycles. The van der Waals surface area contributed by atoms with Gasteiger partial charge in [-0.15, -0.1) is 0 Å². The average Bonchev–Trinajstić information content (AvgIpc) is 2.87. The zero-order valence-corrected chi connectivity index (χ0v) is 11.9. The number of nitrogens with one attached hydrogen (secondary N) is 2. The lowest BCUT2D eigenvalue weighted by Crippen LogP contribution is -2.17.